The second-order valence-electron chi connectivity index (χ2n) is 4.91. The molecular formula is C13H19N5O2. The van der Waals surface area contributed by atoms with Gasteiger partial charge in [-0.1, -0.05) is 13.8 Å². The van der Waals surface area contributed by atoms with E-state index in [4.69, 9.17) is 0 Å². The van der Waals surface area contributed by atoms with E-state index in [1.807, 2.05) is 13.8 Å². The number of nitrogens with zero attached hydrogens (tertiary/aromatic N) is 3. The van der Waals surface area contributed by atoms with Gasteiger partial charge in [0.1, 0.15) is 0 Å². The van der Waals surface area contributed by atoms with Crippen molar-refractivity contribution < 1.29 is 9.90 Å². The van der Waals surface area contributed by atoms with Gasteiger partial charge in [-0.05, 0) is 12.0 Å². The Labute approximate surface area is 117 Å². The molecule has 1 atom stereocenters. The van der Waals surface area contributed by atoms with Gasteiger partial charge in [0.2, 0.25) is 0 Å². The van der Waals surface area contributed by atoms with Gasteiger partial charge in [-0.2, -0.15) is 5.10 Å². The van der Waals surface area contributed by atoms with E-state index >= 15 is 0 Å². The van der Waals surface area contributed by atoms with Crippen molar-refractivity contribution in [3.05, 3.63) is 30.2 Å². The fourth-order valence-electron chi connectivity index (χ4n) is 1.69. The minimum absolute atomic E-state index is 0.110. The molecular weight excluding hydrogens is 258 g/mol. The van der Waals surface area contributed by atoms with Crippen molar-refractivity contribution in [3.63, 3.8) is 0 Å². The summed E-state index contributed by atoms with van der Waals surface area (Å²) in [6.07, 6.45) is 2.79. The van der Waals surface area contributed by atoms with Gasteiger partial charge in [0.25, 0.3) is 0 Å². The Morgan fingerprint density at radius 1 is 1.35 bits per heavy atom. The van der Waals surface area contributed by atoms with Crippen molar-refractivity contribution in [2.45, 2.75) is 26.5 Å². The third-order valence-electron chi connectivity index (χ3n) is 3.04. The summed E-state index contributed by atoms with van der Waals surface area (Å²) in [6, 6.07) is 3.27. The van der Waals surface area contributed by atoms with E-state index in [9.17, 15) is 9.90 Å². The molecule has 7 nitrogen and oxygen atoms in total. The van der Waals surface area contributed by atoms with E-state index in [2.05, 4.69) is 20.7 Å². The van der Waals surface area contributed by atoms with Crippen LogP contribution in [0.1, 0.15) is 19.5 Å². The maximum Gasteiger partial charge on any atom is 0.315 e. The molecule has 1 unspecified atom stereocenters. The van der Waals surface area contributed by atoms with Gasteiger partial charge in [0, 0.05) is 18.8 Å². The van der Waals surface area contributed by atoms with Crippen molar-refractivity contribution >= 4 is 11.7 Å². The first-order valence-electron chi connectivity index (χ1n) is 6.55. The molecule has 7 heteroatoms. The first-order chi connectivity index (χ1) is 9.58. The summed E-state index contributed by atoms with van der Waals surface area (Å²) in [7, 11) is 0. The minimum Gasteiger partial charge on any atom is -0.391 e. The molecule has 0 saturated heterocycles. The molecule has 108 valence electrons. The number of rotatable bonds is 5. The number of carbonyl (C=O) groups is 1. The summed E-state index contributed by atoms with van der Waals surface area (Å²) in [5, 5.41) is 19.1. The molecule has 2 amide bonds. The molecule has 20 heavy (non-hydrogen) atoms. The van der Waals surface area contributed by atoms with E-state index in [0.717, 1.165) is 11.3 Å². The van der Waals surface area contributed by atoms with E-state index in [-0.39, 0.29) is 18.5 Å². The molecule has 2 aromatic rings. The van der Waals surface area contributed by atoms with Gasteiger partial charge < -0.3 is 15.7 Å². The molecule has 2 heterocycles. The highest BCUT2D eigenvalue weighted by Gasteiger charge is 2.10. The zero-order chi connectivity index (χ0) is 14.5. The molecule has 0 radical (unpaired) electrons. The maximum atomic E-state index is 11.6. The van der Waals surface area contributed by atoms with Crippen LogP contribution in [0, 0.1) is 5.92 Å². The largest absolute Gasteiger partial charge is 0.391 e. The van der Waals surface area contributed by atoms with E-state index in [1.165, 1.54) is 0 Å². The maximum absolute atomic E-state index is 11.6. The molecule has 2 aromatic heterocycles. The third kappa shape index (κ3) is 3.45. The van der Waals surface area contributed by atoms with Crippen LogP contribution < -0.4 is 10.6 Å². The van der Waals surface area contributed by atoms with Gasteiger partial charge in [-0.3, -0.25) is 0 Å². The average molecular weight is 277 g/mol. The number of aromatic nitrogens is 3. The predicted molar refractivity (Wildman–Crippen MR) is 74.1 cm³/mol. The van der Waals surface area contributed by atoms with Crippen LogP contribution >= 0.6 is 0 Å². The second kappa shape index (κ2) is 6.33. The highest BCUT2D eigenvalue weighted by molar-refractivity contribution is 5.73. The summed E-state index contributed by atoms with van der Waals surface area (Å²) in [5.74, 6) is 0.110. The summed E-state index contributed by atoms with van der Waals surface area (Å²) in [6.45, 7) is 4.37. The lowest BCUT2D eigenvalue weighted by Crippen LogP contribution is -2.41. The second-order valence-corrected chi connectivity index (χ2v) is 4.91. The Morgan fingerprint density at radius 2 is 2.15 bits per heavy atom. The van der Waals surface area contributed by atoms with Crippen molar-refractivity contribution in [2.24, 2.45) is 5.92 Å². The molecule has 0 saturated carbocycles. The monoisotopic (exact) mass is 277 g/mol. The summed E-state index contributed by atoms with van der Waals surface area (Å²) >= 11 is 0. The number of urea groups is 1. The minimum atomic E-state index is -0.542. The molecule has 0 bridgehead atoms. The highest BCUT2D eigenvalue weighted by Crippen LogP contribution is 2.02. The van der Waals surface area contributed by atoms with Crippen molar-refractivity contribution in [2.75, 3.05) is 6.54 Å². The van der Waals surface area contributed by atoms with Gasteiger partial charge in [0.15, 0.2) is 5.65 Å². The number of amides is 2. The van der Waals surface area contributed by atoms with Crippen LogP contribution in [0.3, 0.4) is 0 Å². The topological polar surface area (TPSA) is 91.5 Å². The van der Waals surface area contributed by atoms with E-state index in [1.54, 1.807) is 29.0 Å². The number of hydrogen-bond donors (Lipinski definition) is 3. The first kappa shape index (κ1) is 14.3. The molecule has 2 rings (SSSR count). The highest BCUT2D eigenvalue weighted by atomic mass is 16.3. The van der Waals surface area contributed by atoms with Gasteiger partial charge >= 0.3 is 6.03 Å². The SMILES string of the molecule is CC(C)C(O)CNC(=O)NCc1ccnc2ccnn12. The van der Waals surface area contributed by atoms with Crippen molar-refractivity contribution in [1.29, 1.82) is 0 Å². The predicted octanol–water partition coefficient (Wildman–Crippen LogP) is 0.545. The molecule has 0 spiro atoms. The summed E-state index contributed by atoms with van der Waals surface area (Å²) < 4.78 is 1.67. The molecule has 0 aromatic carbocycles. The molecule has 0 aliphatic heterocycles. The molecule has 0 fully saturated rings. The fourth-order valence-corrected chi connectivity index (χ4v) is 1.69. The Kier molecular flexibility index (Phi) is 4.52. The first-order valence-corrected chi connectivity index (χ1v) is 6.55. The Balaban J connectivity index is 1.86. The molecule has 3 N–H and O–H groups in total. The number of hydrogen-bond acceptors (Lipinski definition) is 4. The quantitative estimate of drug-likeness (QED) is 0.744. The average Bonchev–Trinajstić information content (AvgIpc) is 2.91. The lowest BCUT2D eigenvalue weighted by Gasteiger charge is -2.15. The van der Waals surface area contributed by atoms with Crippen LogP contribution in [0.2, 0.25) is 0 Å². The van der Waals surface area contributed by atoms with Crippen LogP contribution in [0.15, 0.2) is 24.5 Å². The van der Waals surface area contributed by atoms with Crippen molar-refractivity contribution in [1.82, 2.24) is 25.2 Å². The Morgan fingerprint density at radius 3 is 2.90 bits per heavy atom. The van der Waals surface area contributed by atoms with E-state index < -0.39 is 6.10 Å². The normalized spacial score (nSPS) is 12.6. The van der Waals surface area contributed by atoms with Crippen molar-refractivity contribution in [3.8, 4) is 0 Å². The lowest BCUT2D eigenvalue weighted by molar-refractivity contribution is 0.125. The molecule has 0 aliphatic rings. The Hall–Kier alpha value is -2.15. The number of aliphatic hydroxyl groups is 1. The van der Waals surface area contributed by atoms with Crippen LogP contribution in [0.25, 0.3) is 5.65 Å². The van der Waals surface area contributed by atoms with Crippen LogP contribution in [0.5, 0.6) is 0 Å². The van der Waals surface area contributed by atoms with Crippen LogP contribution in [-0.4, -0.2) is 38.4 Å². The Bertz CT molecular complexity index is 581. The van der Waals surface area contributed by atoms with Crippen LogP contribution in [-0.2, 0) is 6.54 Å². The summed E-state index contributed by atoms with van der Waals surface area (Å²) in [4.78, 5) is 15.8. The number of aliphatic hydroxyl groups excluding tert-OH is 1. The van der Waals surface area contributed by atoms with Gasteiger partial charge in [0.05, 0.1) is 24.5 Å². The smallest absolute Gasteiger partial charge is 0.315 e. The lowest BCUT2D eigenvalue weighted by atomic mass is 10.1. The third-order valence-corrected chi connectivity index (χ3v) is 3.04. The van der Waals surface area contributed by atoms with Gasteiger partial charge in [-0.25, -0.2) is 14.3 Å². The molecule has 0 aliphatic carbocycles. The van der Waals surface area contributed by atoms with Gasteiger partial charge in [-0.15, -0.1) is 0 Å². The number of carbonyl (C=O) groups excluding carboxylic acids is 1. The summed E-state index contributed by atoms with van der Waals surface area (Å²) in [5.41, 5.74) is 1.57. The van der Waals surface area contributed by atoms with Crippen LogP contribution in [0.4, 0.5) is 4.79 Å². The zero-order valence-corrected chi connectivity index (χ0v) is 11.6. The fraction of sp³-hybridized carbons (Fsp3) is 0.462. The van der Waals surface area contributed by atoms with E-state index in [0.29, 0.717) is 6.54 Å². The number of fused-ring (bicyclic) bond motifs is 1. The number of nitrogens with one attached hydrogen (secondary N) is 2. The standard InChI is InChI=1S/C13H19N5O2/c1-9(2)11(19)8-16-13(20)15-7-10-3-5-14-12-4-6-17-18(10)12/h3-6,9,11,19H,7-8H2,1-2H3,(H2,15,16,20). The zero-order valence-electron chi connectivity index (χ0n) is 11.6.